The quantitative estimate of drug-likeness (QED) is 0.810. The summed E-state index contributed by atoms with van der Waals surface area (Å²) in [4.78, 5) is 13.8. The number of nitrogens with zero attached hydrogens (tertiary/aromatic N) is 1. The molecule has 0 aromatic heterocycles. The monoisotopic (exact) mass is 234 g/mol. The Hall–Kier alpha value is -1.71. The predicted molar refractivity (Wildman–Crippen MR) is 68.7 cm³/mol. The predicted octanol–water partition coefficient (Wildman–Crippen LogP) is 2.25. The molecule has 1 aliphatic heterocycles. The van der Waals surface area contributed by atoms with Crippen LogP contribution >= 0.6 is 0 Å². The molecule has 0 bridgehead atoms. The molecule has 92 valence electrons. The highest BCUT2D eigenvalue weighted by Gasteiger charge is 2.31. The average Bonchev–Trinajstić information content (AvgIpc) is 2.26. The lowest BCUT2D eigenvalue weighted by Gasteiger charge is -2.41. The Bertz CT molecular complexity index is 449. The zero-order chi connectivity index (χ0) is 12.6. The second kappa shape index (κ2) is 3.95. The van der Waals surface area contributed by atoms with Gasteiger partial charge in [0.05, 0.1) is 19.3 Å². The molecular formula is C13H18N2O2. The number of para-hydroxylation sites is 1. The molecular weight excluding hydrogens is 216 g/mol. The number of carbonyl (C=O) groups is 1. The van der Waals surface area contributed by atoms with Crippen LogP contribution in [0, 0.1) is 0 Å². The molecule has 0 aliphatic carbocycles. The number of fused-ring (bicyclic) bond motifs is 1. The Labute approximate surface area is 102 Å². The molecule has 17 heavy (non-hydrogen) atoms. The van der Waals surface area contributed by atoms with Crippen LogP contribution in [0.2, 0.25) is 0 Å². The number of benzene rings is 1. The van der Waals surface area contributed by atoms with E-state index in [1.165, 1.54) is 0 Å². The minimum absolute atomic E-state index is 0.00285. The number of methoxy groups -OCH3 is 1. The first-order valence-electron chi connectivity index (χ1n) is 5.68. The van der Waals surface area contributed by atoms with Crippen molar-refractivity contribution in [3.05, 3.63) is 18.2 Å². The van der Waals surface area contributed by atoms with Gasteiger partial charge in [-0.1, -0.05) is 6.07 Å². The van der Waals surface area contributed by atoms with Gasteiger partial charge in [0, 0.05) is 5.54 Å². The van der Waals surface area contributed by atoms with Gasteiger partial charge in [0.25, 0.3) is 0 Å². The van der Waals surface area contributed by atoms with E-state index in [0.717, 1.165) is 11.4 Å². The van der Waals surface area contributed by atoms with Crippen molar-refractivity contribution in [2.45, 2.75) is 26.3 Å². The SMILES string of the molecule is COc1cccc2c1NC(=O)CN2C(C)(C)C. The number of carbonyl (C=O) groups excluding carboxylic acids is 1. The zero-order valence-corrected chi connectivity index (χ0v) is 10.7. The van der Waals surface area contributed by atoms with Gasteiger partial charge in [-0.05, 0) is 32.9 Å². The van der Waals surface area contributed by atoms with E-state index in [1.54, 1.807) is 7.11 Å². The van der Waals surface area contributed by atoms with Crippen molar-refractivity contribution in [1.82, 2.24) is 0 Å². The van der Waals surface area contributed by atoms with Gasteiger partial charge in [-0.2, -0.15) is 0 Å². The van der Waals surface area contributed by atoms with Gasteiger partial charge >= 0.3 is 0 Å². The van der Waals surface area contributed by atoms with E-state index < -0.39 is 0 Å². The normalized spacial score (nSPS) is 15.3. The van der Waals surface area contributed by atoms with Crippen LogP contribution in [0.4, 0.5) is 11.4 Å². The van der Waals surface area contributed by atoms with Gasteiger partial charge in [0.1, 0.15) is 11.4 Å². The van der Waals surface area contributed by atoms with Crippen LogP contribution in [0.15, 0.2) is 18.2 Å². The smallest absolute Gasteiger partial charge is 0.244 e. The number of hydrogen-bond donors (Lipinski definition) is 1. The summed E-state index contributed by atoms with van der Waals surface area (Å²) in [5, 5.41) is 2.88. The third-order valence-electron chi connectivity index (χ3n) is 2.89. The first kappa shape index (κ1) is 11.8. The van der Waals surface area contributed by atoms with Crippen molar-refractivity contribution in [1.29, 1.82) is 0 Å². The van der Waals surface area contributed by atoms with E-state index in [9.17, 15) is 4.79 Å². The van der Waals surface area contributed by atoms with Gasteiger partial charge in [0.2, 0.25) is 5.91 Å². The molecule has 1 amide bonds. The number of nitrogens with one attached hydrogen (secondary N) is 1. The first-order chi connectivity index (χ1) is 7.93. The number of ether oxygens (including phenoxy) is 1. The molecule has 0 atom stereocenters. The maximum absolute atomic E-state index is 11.7. The molecule has 1 aromatic rings. The highest BCUT2D eigenvalue weighted by Crippen LogP contribution is 2.40. The van der Waals surface area contributed by atoms with Crippen LogP contribution in [0.25, 0.3) is 0 Å². The van der Waals surface area contributed by atoms with Crippen LogP contribution in [-0.4, -0.2) is 25.1 Å². The maximum atomic E-state index is 11.7. The molecule has 2 rings (SSSR count). The maximum Gasteiger partial charge on any atom is 0.244 e. The highest BCUT2D eigenvalue weighted by atomic mass is 16.5. The minimum atomic E-state index is -0.0983. The van der Waals surface area contributed by atoms with Crippen molar-refractivity contribution in [3.8, 4) is 5.75 Å². The summed E-state index contributed by atoms with van der Waals surface area (Å²) in [5.41, 5.74) is 1.68. The number of hydrogen-bond acceptors (Lipinski definition) is 3. The standard InChI is InChI=1S/C13H18N2O2/c1-13(2,3)15-8-11(16)14-12-9(15)6-5-7-10(12)17-4/h5-7H,8H2,1-4H3,(H,14,16). The zero-order valence-electron chi connectivity index (χ0n) is 10.7. The number of amides is 1. The first-order valence-corrected chi connectivity index (χ1v) is 5.68. The summed E-state index contributed by atoms with van der Waals surface area (Å²) in [6, 6.07) is 5.79. The van der Waals surface area contributed by atoms with E-state index in [1.807, 2.05) is 18.2 Å². The molecule has 4 nitrogen and oxygen atoms in total. The van der Waals surface area contributed by atoms with Crippen LogP contribution < -0.4 is 15.0 Å². The molecule has 0 radical (unpaired) electrons. The van der Waals surface area contributed by atoms with E-state index >= 15 is 0 Å². The van der Waals surface area contributed by atoms with Gasteiger partial charge in [-0.25, -0.2) is 0 Å². The van der Waals surface area contributed by atoms with Crippen LogP contribution in [-0.2, 0) is 4.79 Å². The molecule has 1 aliphatic rings. The Morgan fingerprint density at radius 1 is 1.35 bits per heavy atom. The topological polar surface area (TPSA) is 41.6 Å². The molecule has 1 aromatic carbocycles. The highest BCUT2D eigenvalue weighted by molar-refractivity contribution is 6.03. The molecule has 0 unspecified atom stereocenters. The third kappa shape index (κ3) is 2.07. The summed E-state index contributed by atoms with van der Waals surface area (Å²) in [6.45, 7) is 6.65. The lowest BCUT2D eigenvalue weighted by Crippen LogP contribution is -2.49. The molecule has 0 fully saturated rings. The molecule has 1 heterocycles. The second-order valence-corrected chi connectivity index (χ2v) is 5.16. The van der Waals surface area contributed by atoms with Crippen LogP contribution in [0.5, 0.6) is 5.75 Å². The van der Waals surface area contributed by atoms with Gasteiger partial charge in [-0.3, -0.25) is 4.79 Å². The van der Waals surface area contributed by atoms with Crippen molar-refractivity contribution < 1.29 is 9.53 Å². The van der Waals surface area contributed by atoms with Gasteiger partial charge in [-0.15, -0.1) is 0 Å². The van der Waals surface area contributed by atoms with E-state index in [4.69, 9.17) is 4.74 Å². The fourth-order valence-corrected chi connectivity index (χ4v) is 2.05. The largest absolute Gasteiger partial charge is 0.494 e. The van der Waals surface area contributed by atoms with Crippen molar-refractivity contribution in [3.63, 3.8) is 0 Å². The number of rotatable bonds is 1. The van der Waals surface area contributed by atoms with E-state index in [-0.39, 0.29) is 11.4 Å². The fourth-order valence-electron chi connectivity index (χ4n) is 2.05. The summed E-state index contributed by atoms with van der Waals surface area (Å²) in [7, 11) is 1.61. The average molecular weight is 234 g/mol. The lowest BCUT2D eigenvalue weighted by molar-refractivity contribution is -0.115. The summed E-state index contributed by atoms with van der Waals surface area (Å²) in [6.07, 6.45) is 0. The lowest BCUT2D eigenvalue weighted by atomic mass is 10.0. The minimum Gasteiger partial charge on any atom is -0.494 e. The Morgan fingerprint density at radius 3 is 2.65 bits per heavy atom. The third-order valence-corrected chi connectivity index (χ3v) is 2.89. The van der Waals surface area contributed by atoms with Crippen molar-refractivity contribution in [2.75, 3.05) is 23.9 Å². The fraction of sp³-hybridized carbons (Fsp3) is 0.462. The Morgan fingerprint density at radius 2 is 2.06 bits per heavy atom. The molecule has 0 saturated heterocycles. The Balaban J connectivity index is 2.55. The summed E-state index contributed by atoms with van der Waals surface area (Å²) < 4.78 is 5.28. The van der Waals surface area contributed by atoms with Gasteiger partial charge in [0.15, 0.2) is 0 Å². The molecule has 0 spiro atoms. The molecule has 4 heteroatoms. The summed E-state index contributed by atoms with van der Waals surface area (Å²) >= 11 is 0. The van der Waals surface area contributed by atoms with E-state index in [2.05, 4.69) is 31.0 Å². The van der Waals surface area contributed by atoms with Gasteiger partial charge < -0.3 is 15.0 Å². The molecule has 1 N–H and O–H groups in total. The number of anilines is 2. The van der Waals surface area contributed by atoms with E-state index in [0.29, 0.717) is 12.3 Å². The summed E-state index contributed by atoms with van der Waals surface area (Å²) in [5.74, 6) is 0.696. The van der Waals surface area contributed by atoms with Crippen LogP contribution in [0.1, 0.15) is 20.8 Å². The molecule has 0 saturated carbocycles. The van der Waals surface area contributed by atoms with Crippen LogP contribution in [0.3, 0.4) is 0 Å². The Kier molecular flexibility index (Phi) is 2.73. The van der Waals surface area contributed by atoms with Crippen molar-refractivity contribution in [2.24, 2.45) is 0 Å². The second-order valence-electron chi connectivity index (χ2n) is 5.16. The van der Waals surface area contributed by atoms with Crippen molar-refractivity contribution >= 4 is 17.3 Å².